The summed E-state index contributed by atoms with van der Waals surface area (Å²) in [5, 5.41) is 8.99. The fourth-order valence-electron chi connectivity index (χ4n) is 1.82. The van der Waals surface area contributed by atoms with Crippen LogP contribution in [0.3, 0.4) is 0 Å². The average Bonchev–Trinajstić information content (AvgIpc) is 2.33. The summed E-state index contributed by atoms with van der Waals surface area (Å²) in [7, 11) is 0. The second-order valence-electron chi connectivity index (χ2n) is 4.33. The molecule has 3 nitrogen and oxygen atoms in total. The van der Waals surface area contributed by atoms with Crippen molar-refractivity contribution in [2.24, 2.45) is 0 Å². The number of aryl methyl sites for hydroxylation is 1. The third kappa shape index (κ3) is 3.81. The monoisotopic (exact) mass is 253 g/mol. The zero-order chi connectivity index (χ0) is 13.5. The van der Waals surface area contributed by atoms with Gasteiger partial charge >= 0.3 is 0 Å². The van der Waals surface area contributed by atoms with Gasteiger partial charge in [0.15, 0.2) is 0 Å². The molecule has 0 heterocycles. The molecule has 0 fully saturated rings. The number of hydrogen-bond donors (Lipinski definition) is 1. The van der Waals surface area contributed by atoms with Crippen molar-refractivity contribution in [3.63, 3.8) is 0 Å². The van der Waals surface area contributed by atoms with Gasteiger partial charge in [-0.15, -0.1) is 0 Å². The molecule has 4 heteroatoms. The number of unbranched alkanes of at least 4 members (excludes halogenated alkanes) is 1. The van der Waals surface area contributed by atoms with Gasteiger partial charge in [-0.05, 0) is 37.1 Å². The predicted molar refractivity (Wildman–Crippen MR) is 69.0 cm³/mol. The third-order valence-corrected chi connectivity index (χ3v) is 2.86. The van der Waals surface area contributed by atoms with Gasteiger partial charge in [0, 0.05) is 18.7 Å². The zero-order valence-corrected chi connectivity index (χ0v) is 10.9. The molecule has 1 aromatic carbocycles. The Balaban J connectivity index is 2.87. The quantitative estimate of drug-likeness (QED) is 0.845. The van der Waals surface area contributed by atoms with Gasteiger partial charge in [-0.3, -0.25) is 4.79 Å². The van der Waals surface area contributed by atoms with Crippen LogP contribution in [0.4, 0.5) is 4.39 Å². The molecular formula is C14H20FNO2. The molecule has 0 bridgehead atoms. The van der Waals surface area contributed by atoms with Gasteiger partial charge in [-0.1, -0.05) is 13.3 Å². The Kier molecular flexibility index (Phi) is 5.78. The Bertz CT molecular complexity index is 407. The van der Waals surface area contributed by atoms with Crippen molar-refractivity contribution in [1.82, 2.24) is 4.90 Å². The molecule has 0 radical (unpaired) electrons. The number of halogens is 1. The summed E-state index contributed by atoms with van der Waals surface area (Å²) in [6, 6.07) is 4.14. The summed E-state index contributed by atoms with van der Waals surface area (Å²) in [5.74, 6) is -0.485. The lowest BCUT2D eigenvalue weighted by Gasteiger charge is -2.22. The van der Waals surface area contributed by atoms with Crippen LogP contribution in [0, 0.1) is 12.7 Å². The van der Waals surface area contributed by atoms with Crippen LogP contribution in [0.5, 0.6) is 0 Å². The van der Waals surface area contributed by atoms with E-state index in [9.17, 15) is 9.18 Å². The van der Waals surface area contributed by atoms with Crippen molar-refractivity contribution < 1.29 is 14.3 Å². The maximum absolute atomic E-state index is 13.0. The minimum atomic E-state index is -0.341. The Hall–Kier alpha value is -1.42. The first-order valence-electron chi connectivity index (χ1n) is 6.26. The number of benzene rings is 1. The fourth-order valence-corrected chi connectivity index (χ4v) is 1.82. The van der Waals surface area contributed by atoms with E-state index in [-0.39, 0.29) is 18.3 Å². The maximum atomic E-state index is 13.0. The standard InChI is InChI=1S/C14H20FNO2/c1-3-4-7-16(8-9-17)14(18)13-6-5-12(15)10-11(13)2/h5-6,10,17H,3-4,7-9H2,1-2H3. The molecule has 1 amide bonds. The van der Waals surface area contributed by atoms with E-state index in [1.807, 2.05) is 6.92 Å². The SMILES string of the molecule is CCCCN(CCO)C(=O)c1ccc(F)cc1C. The highest BCUT2D eigenvalue weighted by molar-refractivity contribution is 5.95. The molecule has 0 saturated carbocycles. The van der Waals surface area contributed by atoms with Crippen molar-refractivity contribution in [3.8, 4) is 0 Å². The molecule has 18 heavy (non-hydrogen) atoms. The van der Waals surface area contributed by atoms with Gasteiger partial charge in [0.25, 0.3) is 5.91 Å². The van der Waals surface area contributed by atoms with Gasteiger partial charge in [0.05, 0.1) is 6.61 Å². The zero-order valence-electron chi connectivity index (χ0n) is 10.9. The highest BCUT2D eigenvalue weighted by Gasteiger charge is 2.16. The number of amides is 1. The van der Waals surface area contributed by atoms with Crippen LogP contribution < -0.4 is 0 Å². The molecule has 0 aliphatic rings. The first kappa shape index (κ1) is 14.6. The summed E-state index contributed by atoms with van der Waals surface area (Å²) >= 11 is 0. The molecule has 0 spiro atoms. The molecule has 0 saturated heterocycles. The van der Waals surface area contributed by atoms with Gasteiger partial charge in [-0.2, -0.15) is 0 Å². The minimum absolute atomic E-state index is 0.0598. The van der Waals surface area contributed by atoms with E-state index in [4.69, 9.17) is 5.11 Å². The Morgan fingerprint density at radius 2 is 2.11 bits per heavy atom. The smallest absolute Gasteiger partial charge is 0.254 e. The molecule has 0 aromatic heterocycles. The first-order valence-corrected chi connectivity index (χ1v) is 6.26. The maximum Gasteiger partial charge on any atom is 0.254 e. The number of carbonyl (C=O) groups excluding carboxylic acids is 1. The summed E-state index contributed by atoms with van der Waals surface area (Å²) in [5.41, 5.74) is 1.13. The van der Waals surface area contributed by atoms with Crippen LogP contribution in [0.25, 0.3) is 0 Å². The second-order valence-corrected chi connectivity index (χ2v) is 4.33. The van der Waals surface area contributed by atoms with Crippen LogP contribution in [0.15, 0.2) is 18.2 Å². The average molecular weight is 253 g/mol. The number of nitrogens with zero attached hydrogens (tertiary/aromatic N) is 1. The number of carbonyl (C=O) groups is 1. The van der Waals surface area contributed by atoms with E-state index in [0.29, 0.717) is 24.2 Å². The van der Waals surface area contributed by atoms with E-state index in [2.05, 4.69) is 0 Å². The normalized spacial score (nSPS) is 10.4. The summed E-state index contributed by atoms with van der Waals surface area (Å²) in [6.45, 7) is 4.63. The van der Waals surface area contributed by atoms with Gasteiger partial charge in [0.1, 0.15) is 5.82 Å². The molecule has 1 aromatic rings. The van der Waals surface area contributed by atoms with Crippen molar-refractivity contribution in [1.29, 1.82) is 0 Å². The van der Waals surface area contributed by atoms with Gasteiger partial charge < -0.3 is 10.0 Å². The van der Waals surface area contributed by atoms with Crippen LogP contribution in [-0.4, -0.2) is 35.6 Å². The number of aliphatic hydroxyl groups excluding tert-OH is 1. The molecule has 1 N–H and O–H groups in total. The molecule has 1 rings (SSSR count). The molecule has 100 valence electrons. The lowest BCUT2D eigenvalue weighted by molar-refractivity contribution is 0.0718. The topological polar surface area (TPSA) is 40.5 Å². The van der Waals surface area contributed by atoms with E-state index in [1.165, 1.54) is 18.2 Å². The van der Waals surface area contributed by atoms with E-state index >= 15 is 0 Å². The van der Waals surface area contributed by atoms with Crippen molar-refractivity contribution in [3.05, 3.63) is 35.1 Å². The van der Waals surface area contributed by atoms with Crippen LogP contribution in [0.1, 0.15) is 35.7 Å². The van der Waals surface area contributed by atoms with Crippen LogP contribution >= 0.6 is 0 Å². The molecule has 0 unspecified atom stereocenters. The van der Waals surface area contributed by atoms with Crippen LogP contribution in [0.2, 0.25) is 0 Å². The lowest BCUT2D eigenvalue weighted by atomic mass is 10.1. The summed E-state index contributed by atoms with van der Waals surface area (Å²) in [4.78, 5) is 13.9. The molecular weight excluding hydrogens is 233 g/mol. The first-order chi connectivity index (χ1) is 8.60. The van der Waals surface area contributed by atoms with Crippen LogP contribution in [-0.2, 0) is 0 Å². The third-order valence-electron chi connectivity index (χ3n) is 2.86. The highest BCUT2D eigenvalue weighted by Crippen LogP contribution is 2.13. The summed E-state index contributed by atoms with van der Waals surface area (Å²) < 4.78 is 13.0. The van der Waals surface area contributed by atoms with E-state index in [1.54, 1.807) is 11.8 Å². The Morgan fingerprint density at radius 3 is 2.67 bits per heavy atom. The predicted octanol–water partition coefficient (Wildman–Crippen LogP) is 2.37. The van der Waals surface area contributed by atoms with Crippen molar-refractivity contribution in [2.75, 3.05) is 19.7 Å². The summed E-state index contributed by atoms with van der Waals surface area (Å²) in [6.07, 6.45) is 1.88. The highest BCUT2D eigenvalue weighted by atomic mass is 19.1. The second kappa shape index (κ2) is 7.11. The number of hydrogen-bond acceptors (Lipinski definition) is 2. The Morgan fingerprint density at radius 1 is 1.39 bits per heavy atom. The molecule has 0 aliphatic heterocycles. The number of rotatable bonds is 6. The number of aliphatic hydroxyl groups is 1. The van der Waals surface area contributed by atoms with Crippen molar-refractivity contribution >= 4 is 5.91 Å². The fraction of sp³-hybridized carbons (Fsp3) is 0.500. The Labute approximate surface area is 107 Å². The minimum Gasteiger partial charge on any atom is -0.395 e. The molecule has 0 aliphatic carbocycles. The van der Waals surface area contributed by atoms with Gasteiger partial charge in [-0.25, -0.2) is 4.39 Å². The van der Waals surface area contributed by atoms with E-state index < -0.39 is 0 Å². The largest absolute Gasteiger partial charge is 0.395 e. The van der Waals surface area contributed by atoms with Crippen molar-refractivity contribution in [2.45, 2.75) is 26.7 Å². The lowest BCUT2D eigenvalue weighted by Crippen LogP contribution is -2.34. The van der Waals surface area contributed by atoms with Gasteiger partial charge in [0.2, 0.25) is 0 Å². The van der Waals surface area contributed by atoms with E-state index in [0.717, 1.165) is 12.8 Å². The molecule has 0 atom stereocenters.